The molecule has 23 heavy (non-hydrogen) atoms. The average molecular weight is 309 g/mol. The van der Waals surface area contributed by atoms with Gasteiger partial charge in [0.25, 0.3) is 0 Å². The zero-order chi connectivity index (χ0) is 16.3. The van der Waals surface area contributed by atoms with Crippen LogP contribution in [0.2, 0.25) is 0 Å². The fourth-order valence-corrected chi connectivity index (χ4v) is 3.43. The maximum atomic E-state index is 3.26. The minimum Gasteiger partial charge on any atom is -0.0730 e. The van der Waals surface area contributed by atoms with Crippen LogP contribution in [0.1, 0.15) is 76.3 Å². The third-order valence-electron chi connectivity index (χ3n) is 5.16. The lowest BCUT2D eigenvalue weighted by atomic mass is 9.81. The highest BCUT2D eigenvalue weighted by Crippen LogP contribution is 2.31. The zero-order valence-corrected chi connectivity index (χ0v) is 15.0. The van der Waals surface area contributed by atoms with Crippen molar-refractivity contribution in [1.82, 2.24) is 0 Å². The summed E-state index contributed by atoms with van der Waals surface area (Å²) in [5.41, 5.74) is 2.57. The quantitative estimate of drug-likeness (QED) is 0.413. The molecule has 1 aliphatic carbocycles. The summed E-state index contributed by atoms with van der Waals surface area (Å²) >= 11 is 0. The van der Waals surface area contributed by atoms with Gasteiger partial charge in [0.1, 0.15) is 0 Å². The molecule has 0 bridgehead atoms. The molecule has 0 spiro atoms. The summed E-state index contributed by atoms with van der Waals surface area (Å²) in [6.45, 7) is 4.57. The van der Waals surface area contributed by atoms with E-state index in [1.54, 1.807) is 0 Å². The van der Waals surface area contributed by atoms with Gasteiger partial charge >= 0.3 is 0 Å². The molecule has 1 fully saturated rings. The molecule has 0 radical (unpaired) electrons. The SMILES string of the molecule is CCCCCc1ccc(C#CC=C[C@H]2CC[C@H](CC)CC2)cc1. The van der Waals surface area contributed by atoms with Gasteiger partial charge in [-0.3, -0.25) is 0 Å². The Hall–Kier alpha value is -1.48. The van der Waals surface area contributed by atoms with E-state index in [1.165, 1.54) is 63.4 Å². The number of unbranched alkanes of at least 4 members (excludes halogenated alkanes) is 2. The lowest BCUT2D eigenvalue weighted by Gasteiger charge is -2.25. The average Bonchev–Trinajstić information content (AvgIpc) is 2.61. The standard InChI is InChI=1S/C23H32/c1-3-5-6-9-21-16-18-23(19-17-21)11-8-7-10-22-14-12-20(4-2)13-15-22/h7,10,16-20,22H,3-6,9,12-15H2,1-2H3/t20-,22-. The summed E-state index contributed by atoms with van der Waals surface area (Å²) in [6.07, 6.45) is 16.4. The molecular weight excluding hydrogens is 276 g/mol. The first-order valence-electron chi connectivity index (χ1n) is 9.59. The molecule has 1 aliphatic rings. The van der Waals surface area contributed by atoms with Crippen molar-refractivity contribution in [3.05, 3.63) is 47.5 Å². The molecule has 0 aromatic heterocycles. The number of hydrogen-bond donors (Lipinski definition) is 0. The maximum absolute atomic E-state index is 3.26. The maximum Gasteiger partial charge on any atom is 0.0249 e. The molecule has 124 valence electrons. The van der Waals surface area contributed by atoms with Gasteiger partial charge in [-0.1, -0.05) is 63.2 Å². The minimum atomic E-state index is 0.757. The zero-order valence-electron chi connectivity index (χ0n) is 15.0. The second kappa shape index (κ2) is 10.3. The van der Waals surface area contributed by atoms with Crippen molar-refractivity contribution in [2.45, 2.75) is 71.6 Å². The van der Waals surface area contributed by atoms with Crippen LogP contribution in [-0.2, 0) is 6.42 Å². The Morgan fingerprint density at radius 3 is 2.39 bits per heavy atom. The van der Waals surface area contributed by atoms with Crippen molar-refractivity contribution in [2.75, 3.05) is 0 Å². The third-order valence-corrected chi connectivity index (χ3v) is 5.16. The fraction of sp³-hybridized carbons (Fsp3) is 0.565. The predicted octanol–water partition coefficient (Wildman–Crippen LogP) is 6.54. The van der Waals surface area contributed by atoms with Crippen molar-refractivity contribution in [2.24, 2.45) is 11.8 Å². The number of benzene rings is 1. The molecule has 1 saturated carbocycles. The minimum absolute atomic E-state index is 0.757. The first kappa shape index (κ1) is 17.9. The Balaban J connectivity index is 1.77. The van der Waals surface area contributed by atoms with E-state index < -0.39 is 0 Å². The molecule has 0 heterocycles. The Labute approximate surface area is 143 Å². The Bertz CT molecular complexity index is 515. The molecule has 1 aromatic rings. The van der Waals surface area contributed by atoms with E-state index in [-0.39, 0.29) is 0 Å². The summed E-state index contributed by atoms with van der Waals surface area (Å²) in [5.74, 6) is 8.21. The van der Waals surface area contributed by atoms with E-state index >= 15 is 0 Å². The Morgan fingerprint density at radius 1 is 1.00 bits per heavy atom. The van der Waals surface area contributed by atoms with Crippen molar-refractivity contribution < 1.29 is 0 Å². The third kappa shape index (κ3) is 6.66. The highest BCUT2D eigenvalue weighted by molar-refractivity contribution is 5.38. The number of aryl methyl sites for hydroxylation is 1. The van der Waals surface area contributed by atoms with Crippen molar-refractivity contribution in [3.8, 4) is 11.8 Å². The van der Waals surface area contributed by atoms with E-state index in [4.69, 9.17) is 0 Å². The van der Waals surface area contributed by atoms with E-state index in [0.717, 1.165) is 17.4 Å². The Morgan fingerprint density at radius 2 is 1.74 bits per heavy atom. The van der Waals surface area contributed by atoms with Gasteiger partial charge < -0.3 is 0 Å². The second-order valence-corrected chi connectivity index (χ2v) is 6.97. The molecule has 0 N–H and O–H groups in total. The first-order chi connectivity index (χ1) is 11.3. The monoisotopic (exact) mass is 308 g/mol. The van der Waals surface area contributed by atoms with E-state index in [2.05, 4.69) is 62.1 Å². The van der Waals surface area contributed by atoms with Gasteiger partial charge in [0, 0.05) is 5.56 Å². The van der Waals surface area contributed by atoms with Crippen LogP contribution < -0.4 is 0 Å². The largest absolute Gasteiger partial charge is 0.0730 e. The number of hydrogen-bond acceptors (Lipinski definition) is 0. The molecule has 0 atom stereocenters. The molecule has 0 amide bonds. The first-order valence-corrected chi connectivity index (χ1v) is 9.59. The highest BCUT2D eigenvalue weighted by atomic mass is 14.2. The summed E-state index contributed by atoms with van der Waals surface area (Å²) < 4.78 is 0. The van der Waals surface area contributed by atoms with E-state index in [9.17, 15) is 0 Å². The van der Waals surface area contributed by atoms with Gasteiger partial charge in [-0.2, -0.15) is 0 Å². The molecule has 0 aliphatic heterocycles. The summed E-state index contributed by atoms with van der Waals surface area (Å²) in [6, 6.07) is 8.79. The topological polar surface area (TPSA) is 0 Å². The van der Waals surface area contributed by atoms with Gasteiger partial charge in [-0.05, 0) is 74.1 Å². The van der Waals surface area contributed by atoms with Crippen LogP contribution in [0.3, 0.4) is 0 Å². The normalized spacial score (nSPS) is 21.1. The number of rotatable bonds is 6. The molecule has 0 unspecified atom stereocenters. The highest BCUT2D eigenvalue weighted by Gasteiger charge is 2.17. The smallest absolute Gasteiger partial charge is 0.0249 e. The fourth-order valence-electron chi connectivity index (χ4n) is 3.43. The molecule has 0 nitrogen and oxygen atoms in total. The van der Waals surface area contributed by atoms with Gasteiger partial charge in [-0.25, -0.2) is 0 Å². The molecular formula is C23H32. The second-order valence-electron chi connectivity index (χ2n) is 6.97. The predicted molar refractivity (Wildman–Crippen MR) is 101 cm³/mol. The molecule has 0 saturated heterocycles. The lowest BCUT2D eigenvalue weighted by molar-refractivity contribution is 0.304. The lowest BCUT2D eigenvalue weighted by Crippen LogP contribution is -2.11. The summed E-state index contributed by atoms with van der Waals surface area (Å²) in [7, 11) is 0. The summed E-state index contributed by atoms with van der Waals surface area (Å²) in [4.78, 5) is 0. The van der Waals surface area contributed by atoms with E-state index in [0.29, 0.717) is 0 Å². The Kier molecular flexibility index (Phi) is 8.02. The van der Waals surface area contributed by atoms with Crippen LogP contribution in [-0.4, -0.2) is 0 Å². The van der Waals surface area contributed by atoms with Crippen LogP contribution >= 0.6 is 0 Å². The molecule has 0 heteroatoms. The van der Waals surface area contributed by atoms with Crippen LogP contribution in [0.5, 0.6) is 0 Å². The van der Waals surface area contributed by atoms with Crippen molar-refractivity contribution in [3.63, 3.8) is 0 Å². The van der Waals surface area contributed by atoms with Crippen LogP contribution in [0.25, 0.3) is 0 Å². The molecule has 2 rings (SSSR count). The van der Waals surface area contributed by atoms with Gasteiger partial charge in [0.15, 0.2) is 0 Å². The van der Waals surface area contributed by atoms with Crippen LogP contribution in [0.15, 0.2) is 36.4 Å². The molecule has 1 aromatic carbocycles. The number of allylic oxidation sites excluding steroid dienone is 2. The van der Waals surface area contributed by atoms with Crippen molar-refractivity contribution in [1.29, 1.82) is 0 Å². The van der Waals surface area contributed by atoms with Crippen LogP contribution in [0, 0.1) is 23.7 Å². The van der Waals surface area contributed by atoms with Gasteiger partial charge in [0.2, 0.25) is 0 Å². The van der Waals surface area contributed by atoms with Gasteiger partial charge in [0.05, 0.1) is 0 Å². The summed E-state index contributed by atoms with van der Waals surface area (Å²) in [5, 5.41) is 0. The van der Waals surface area contributed by atoms with Crippen molar-refractivity contribution >= 4 is 0 Å². The van der Waals surface area contributed by atoms with E-state index in [1.807, 2.05) is 0 Å². The van der Waals surface area contributed by atoms with Gasteiger partial charge in [-0.15, -0.1) is 0 Å². The van der Waals surface area contributed by atoms with Crippen LogP contribution in [0.4, 0.5) is 0 Å².